The second-order valence-electron chi connectivity index (χ2n) is 6.63. The smallest absolute Gasteiger partial charge is 0.229 e. The SMILES string of the molecule is C=CC(=C)Nc1ccc(F)c(Nc2nc(N/C(C=NC)=C/N)ncc2-c2ccnc(F)c2)c1. The van der Waals surface area contributed by atoms with Crippen molar-refractivity contribution in [2.24, 2.45) is 10.7 Å². The first-order valence-corrected chi connectivity index (χ1v) is 9.68. The van der Waals surface area contributed by atoms with Crippen molar-refractivity contribution in [3.8, 4) is 11.1 Å². The Balaban J connectivity index is 2.05. The molecule has 0 bridgehead atoms. The third-order valence-corrected chi connectivity index (χ3v) is 4.30. The third kappa shape index (κ3) is 5.97. The summed E-state index contributed by atoms with van der Waals surface area (Å²) in [5, 5.41) is 8.88. The van der Waals surface area contributed by atoms with E-state index in [1.54, 1.807) is 25.2 Å². The van der Waals surface area contributed by atoms with E-state index in [0.29, 0.717) is 28.2 Å². The zero-order valence-electron chi connectivity index (χ0n) is 17.8. The fourth-order valence-corrected chi connectivity index (χ4v) is 2.77. The molecule has 33 heavy (non-hydrogen) atoms. The number of rotatable bonds is 9. The minimum atomic E-state index is -0.673. The molecule has 0 saturated carbocycles. The second-order valence-corrected chi connectivity index (χ2v) is 6.63. The minimum absolute atomic E-state index is 0.127. The molecule has 3 aromatic rings. The van der Waals surface area contributed by atoms with Gasteiger partial charge in [-0.1, -0.05) is 13.2 Å². The molecule has 0 radical (unpaired) electrons. The largest absolute Gasteiger partial charge is 0.403 e. The highest BCUT2D eigenvalue weighted by Crippen LogP contribution is 2.31. The molecule has 0 fully saturated rings. The molecule has 0 aliphatic carbocycles. The lowest BCUT2D eigenvalue weighted by molar-refractivity contribution is 0.584. The van der Waals surface area contributed by atoms with Crippen molar-refractivity contribution in [3.05, 3.63) is 91.3 Å². The van der Waals surface area contributed by atoms with Gasteiger partial charge >= 0.3 is 0 Å². The molecule has 0 saturated heterocycles. The Morgan fingerprint density at radius 1 is 1.15 bits per heavy atom. The molecular formula is C23H22F2N8. The molecule has 2 heterocycles. The van der Waals surface area contributed by atoms with Gasteiger partial charge in [0, 0.05) is 54.9 Å². The number of hydrogen-bond acceptors (Lipinski definition) is 8. The number of halogens is 2. The van der Waals surface area contributed by atoms with E-state index in [9.17, 15) is 8.78 Å². The fourth-order valence-electron chi connectivity index (χ4n) is 2.77. The summed E-state index contributed by atoms with van der Waals surface area (Å²) in [7, 11) is 1.59. The van der Waals surface area contributed by atoms with Gasteiger partial charge in [-0.25, -0.2) is 14.4 Å². The zero-order valence-corrected chi connectivity index (χ0v) is 17.8. The van der Waals surface area contributed by atoms with E-state index < -0.39 is 11.8 Å². The highest BCUT2D eigenvalue weighted by molar-refractivity contribution is 5.83. The Bertz CT molecular complexity index is 1240. The summed E-state index contributed by atoms with van der Waals surface area (Å²) in [6.45, 7) is 7.43. The van der Waals surface area contributed by atoms with Crippen LogP contribution in [0.3, 0.4) is 0 Å². The number of pyridine rings is 1. The number of nitrogens with one attached hydrogen (secondary N) is 3. The maximum absolute atomic E-state index is 14.6. The van der Waals surface area contributed by atoms with Gasteiger partial charge in [-0.05, 0) is 35.9 Å². The highest BCUT2D eigenvalue weighted by Gasteiger charge is 2.14. The van der Waals surface area contributed by atoms with Gasteiger partial charge in [0.15, 0.2) is 0 Å². The van der Waals surface area contributed by atoms with Gasteiger partial charge in [-0.3, -0.25) is 4.99 Å². The van der Waals surface area contributed by atoms with Crippen molar-refractivity contribution in [1.82, 2.24) is 15.0 Å². The number of allylic oxidation sites excluding steroid dienone is 2. The summed E-state index contributed by atoms with van der Waals surface area (Å²) >= 11 is 0. The van der Waals surface area contributed by atoms with Crippen LogP contribution in [0.4, 0.5) is 31.9 Å². The maximum Gasteiger partial charge on any atom is 0.229 e. The third-order valence-electron chi connectivity index (χ3n) is 4.30. The molecule has 2 aromatic heterocycles. The number of anilines is 4. The Morgan fingerprint density at radius 3 is 2.67 bits per heavy atom. The molecule has 0 aliphatic heterocycles. The van der Waals surface area contributed by atoms with Crippen molar-refractivity contribution in [2.45, 2.75) is 0 Å². The summed E-state index contributed by atoms with van der Waals surface area (Å²) < 4.78 is 28.4. The van der Waals surface area contributed by atoms with Gasteiger partial charge < -0.3 is 21.7 Å². The quantitative estimate of drug-likeness (QED) is 0.215. The first-order chi connectivity index (χ1) is 15.9. The van der Waals surface area contributed by atoms with Crippen molar-refractivity contribution in [2.75, 3.05) is 23.0 Å². The molecule has 8 nitrogen and oxygen atoms in total. The summed E-state index contributed by atoms with van der Waals surface area (Å²) in [6, 6.07) is 7.22. The molecule has 5 N–H and O–H groups in total. The van der Waals surface area contributed by atoms with E-state index in [1.165, 1.54) is 43.0 Å². The number of benzene rings is 1. The van der Waals surface area contributed by atoms with Gasteiger partial charge in [-0.15, -0.1) is 0 Å². The van der Waals surface area contributed by atoms with Crippen LogP contribution in [0.15, 0.2) is 84.5 Å². The number of hydrogen-bond donors (Lipinski definition) is 4. The molecule has 0 atom stereocenters. The second kappa shape index (κ2) is 10.6. The summed E-state index contributed by atoms with van der Waals surface area (Å²) in [4.78, 5) is 16.2. The Morgan fingerprint density at radius 2 is 1.97 bits per heavy atom. The normalized spacial score (nSPS) is 11.3. The van der Waals surface area contributed by atoms with Crippen LogP contribution >= 0.6 is 0 Å². The molecular weight excluding hydrogens is 426 g/mol. The monoisotopic (exact) mass is 448 g/mol. The Labute approximate surface area is 189 Å². The number of aromatic nitrogens is 3. The summed E-state index contributed by atoms with van der Waals surface area (Å²) in [5.74, 6) is -0.803. The highest BCUT2D eigenvalue weighted by atomic mass is 19.1. The van der Waals surface area contributed by atoms with Crippen LogP contribution in [0, 0.1) is 11.8 Å². The topological polar surface area (TPSA) is 113 Å². The minimum Gasteiger partial charge on any atom is -0.403 e. The molecule has 0 aliphatic rings. The van der Waals surface area contributed by atoms with Crippen molar-refractivity contribution < 1.29 is 8.78 Å². The molecule has 0 amide bonds. The standard InChI is InChI=1S/C23H22F2N8/c1-4-14(2)30-16-5-6-19(24)20(10-16)32-22-18(15-7-8-28-21(25)9-15)13-29-23(33-22)31-17(11-26)12-27-3/h4-13,30H,1-2,26H2,3H3,(H2,29,31,32,33)/b17-11+,27-12?. The van der Waals surface area contributed by atoms with Gasteiger partial charge in [0.05, 0.1) is 11.4 Å². The van der Waals surface area contributed by atoms with Crippen LogP contribution in [0.5, 0.6) is 0 Å². The van der Waals surface area contributed by atoms with Crippen LogP contribution in [0.1, 0.15) is 0 Å². The van der Waals surface area contributed by atoms with Gasteiger partial charge in [-0.2, -0.15) is 9.37 Å². The number of aliphatic imine (C=N–C) groups is 1. The number of nitrogens with zero attached hydrogens (tertiary/aromatic N) is 4. The lowest BCUT2D eigenvalue weighted by Gasteiger charge is -2.15. The van der Waals surface area contributed by atoms with Crippen LogP contribution in [-0.2, 0) is 0 Å². The van der Waals surface area contributed by atoms with Gasteiger partial charge in [0.2, 0.25) is 11.9 Å². The van der Waals surface area contributed by atoms with Crippen LogP contribution in [0.25, 0.3) is 11.1 Å². The van der Waals surface area contributed by atoms with E-state index in [2.05, 4.69) is 49.1 Å². The molecule has 168 valence electrons. The summed E-state index contributed by atoms with van der Waals surface area (Å²) in [6.07, 6.45) is 7.13. The van der Waals surface area contributed by atoms with Crippen molar-refractivity contribution in [3.63, 3.8) is 0 Å². The first kappa shape index (κ1) is 23.1. The van der Waals surface area contributed by atoms with Gasteiger partial charge in [0.25, 0.3) is 0 Å². The predicted octanol–water partition coefficient (Wildman–Crippen LogP) is 4.58. The predicted molar refractivity (Wildman–Crippen MR) is 128 cm³/mol. The van der Waals surface area contributed by atoms with Crippen molar-refractivity contribution in [1.29, 1.82) is 0 Å². The van der Waals surface area contributed by atoms with E-state index in [0.717, 1.165) is 0 Å². The molecule has 0 unspecified atom stereocenters. The Kier molecular flexibility index (Phi) is 7.43. The molecule has 1 aromatic carbocycles. The fraction of sp³-hybridized carbons (Fsp3) is 0.0435. The lowest BCUT2D eigenvalue weighted by Crippen LogP contribution is -2.09. The van der Waals surface area contributed by atoms with E-state index in [1.807, 2.05) is 0 Å². The maximum atomic E-state index is 14.6. The molecule has 10 heteroatoms. The van der Waals surface area contributed by atoms with E-state index >= 15 is 0 Å². The lowest BCUT2D eigenvalue weighted by atomic mass is 10.1. The van der Waals surface area contributed by atoms with Gasteiger partial charge in [0.1, 0.15) is 11.6 Å². The average Bonchev–Trinajstić information content (AvgIpc) is 2.81. The van der Waals surface area contributed by atoms with Crippen LogP contribution in [0.2, 0.25) is 0 Å². The first-order valence-electron chi connectivity index (χ1n) is 9.68. The van der Waals surface area contributed by atoms with Crippen LogP contribution < -0.4 is 21.7 Å². The Hall–Kier alpha value is -4.60. The summed E-state index contributed by atoms with van der Waals surface area (Å²) in [5.41, 5.74) is 8.18. The van der Waals surface area contributed by atoms with E-state index in [-0.39, 0.29) is 17.5 Å². The zero-order chi connectivity index (χ0) is 23.8. The van der Waals surface area contributed by atoms with Crippen LogP contribution in [-0.4, -0.2) is 28.2 Å². The van der Waals surface area contributed by atoms with E-state index in [4.69, 9.17) is 5.73 Å². The molecule has 3 rings (SSSR count). The average molecular weight is 448 g/mol. The molecule has 0 spiro atoms. The number of nitrogens with two attached hydrogens (primary N) is 1. The van der Waals surface area contributed by atoms with Crippen molar-refractivity contribution >= 4 is 29.4 Å².